The molecule has 2 atom stereocenters. The van der Waals surface area contributed by atoms with Crippen LogP contribution in [0.25, 0.3) is 11.0 Å². The fourth-order valence-corrected chi connectivity index (χ4v) is 3.23. The van der Waals surface area contributed by atoms with Gasteiger partial charge in [0.25, 0.3) is 0 Å². The fraction of sp³-hybridized carbons (Fsp3) is 0.583. The summed E-state index contributed by atoms with van der Waals surface area (Å²) in [5.41, 5.74) is 0.874. The number of nitrogens with zero attached hydrogens (tertiary/aromatic N) is 5. The topological polar surface area (TPSA) is 46.8 Å². The zero-order valence-electron chi connectivity index (χ0n) is 10.8. The van der Waals surface area contributed by atoms with Gasteiger partial charge in [-0.15, -0.1) is 0 Å². The Morgan fingerprint density at radius 1 is 1.33 bits per heavy atom. The first-order chi connectivity index (χ1) is 8.59. The lowest BCUT2D eigenvalue weighted by atomic mass is 10.1. The van der Waals surface area contributed by atoms with Gasteiger partial charge in [0.15, 0.2) is 5.65 Å². The highest BCUT2D eigenvalue weighted by Gasteiger charge is 2.30. The number of halogens is 1. The van der Waals surface area contributed by atoms with Crippen molar-refractivity contribution in [1.29, 1.82) is 0 Å². The van der Waals surface area contributed by atoms with Crippen LogP contribution in [0.5, 0.6) is 0 Å². The number of aryl methyl sites for hydroxylation is 1. The maximum atomic E-state index is 4.48. The maximum Gasteiger partial charge on any atom is 0.164 e. The molecule has 2 unspecified atom stereocenters. The Balaban J connectivity index is 2.18. The van der Waals surface area contributed by atoms with Crippen LogP contribution in [0.1, 0.15) is 20.3 Å². The Bertz CT molecular complexity index is 593. The summed E-state index contributed by atoms with van der Waals surface area (Å²) in [7, 11) is 1.90. The molecule has 3 rings (SSSR count). The lowest BCUT2D eigenvalue weighted by Gasteiger charge is -2.24. The average Bonchev–Trinajstić information content (AvgIpc) is 2.83. The van der Waals surface area contributed by atoms with Crippen LogP contribution in [0, 0.1) is 5.92 Å². The molecule has 1 aliphatic heterocycles. The molecule has 2 aromatic heterocycles. The van der Waals surface area contributed by atoms with Crippen LogP contribution < -0.4 is 4.90 Å². The van der Waals surface area contributed by atoms with E-state index in [1.165, 1.54) is 6.42 Å². The van der Waals surface area contributed by atoms with E-state index in [0.29, 0.717) is 12.0 Å². The molecule has 0 saturated carbocycles. The quantitative estimate of drug-likeness (QED) is 0.811. The normalized spacial score (nSPS) is 24.1. The molecule has 0 bridgehead atoms. The van der Waals surface area contributed by atoms with E-state index < -0.39 is 0 Å². The smallest absolute Gasteiger partial charge is 0.164 e. The molecule has 3 heterocycles. The molecule has 1 aliphatic rings. The van der Waals surface area contributed by atoms with Gasteiger partial charge in [-0.1, -0.05) is 6.92 Å². The van der Waals surface area contributed by atoms with E-state index in [0.717, 1.165) is 28.0 Å². The molecule has 1 saturated heterocycles. The fourth-order valence-electron chi connectivity index (χ4n) is 2.64. The summed E-state index contributed by atoms with van der Waals surface area (Å²) in [6.45, 7) is 5.60. The highest BCUT2D eigenvalue weighted by molar-refractivity contribution is 9.10. The molecule has 0 amide bonds. The Kier molecular flexibility index (Phi) is 2.77. The zero-order valence-corrected chi connectivity index (χ0v) is 12.3. The molecule has 5 nitrogen and oxygen atoms in total. The van der Waals surface area contributed by atoms with Gasteiger partial charge < -0.3 is 4.90 Å². The number of rotatable bonds is 1. The summed E-state index contributed by atoms with van der Waals surface area (Å²) in [5, 5.41) is 5.39. The summed E-state index contributed by atoms with van der Waals surface area (Å²) in [6.07, 6.45) is 2.84. The maximum absolute atomic E-state index is 4.48. The van der Waals surface area contributed by atoms with Gasteiger partial charge in [0.1, 0.15) is 16.7 Å². The SMILES string of the molecule is CC1CCN(c2ncnc3c2c(Br)nn3C)C1C. The predicted molar refractivity (Wildman–Crippen MR) is 74.6 cm³/mol. The summed E-state index contributed by atoms with van der Waals surface area (Å²) >= 11 is 3.51. The van der Waals surface area contributed by atoms with Crippen molar-refractivity contribution in [2.45, 2.75) is 26.3 Å². The summed E-state index contributed by atoms with van der Waals surface area (Å²) in [6, 6.07) is 0.509. The van der Waals surface area contributed by atoms with E-state index in [-0.39, 0.29) is 0 Å². The molecule has 0 N–H and O–H groups in total. The third-order valence-electron chi connectivity index (χ3n) is 3.97. The van der Waals surface area contributed by atoms with E-state index in [1.54, 1.807) is 11.0 Å². The number of fused-ring (bicyclic) bond motifs is 1. The largest absolute Gasteiger partial charge is 0.353 e. The molecule has 18 heavy (non-hydrogen) atoms. The van der Waals surface area contributed by atoms with Crippen molar-refractivity contribution in [2.24, 2.45) is 13.0 Å². The van der Waals surface area contributed by atoms with Crippen LogP contribution in [0.15, 0.2) is 10.9 Å². The van der Waals surface area contributed by atoms with Crippen molar-refractivity contribution in [3.63, 3.8) is 0 Å². The third kappa shape index (κ3) is 1.62. The van der Waals surface area contributed by atoms with E-state index in [1.807, 2.05) is 7.05 Å². The van der Waals surface area contributed by atoms with E-state index in [2.05, 4.69) is 49.7 Å². The van der Waals surface area contributed by atoms with Crippen molar-refractivity contribution in [1.82, 2.24) is 19.7 Å². The molecular formula is C12H16BrN5. The van der Waals surface area contributed by atoms with Crippen molar-refractivity contribution in [3.05, 3.63) is 10.9 Å². The van der Waals surface area contributed by atoms with Crippen molar-refractivity contribution < 1.29 is 0 Å². The molecule has 96 valence electrons. The molecule has 1 fully saturated rings. The lowest BCUT2D eigenvalue weighted by Crippen LogP contribution is -2.30. The Hall–Kier alpha value is -1.17. The minimum Gasteiger partial charge on any atom is -0.353 e. The molecule has 0 spiro atoms. The minimum atomic E-state index is 0.509. The van der Waals surface area contributed by atoms with Gasteiger partial charge in [-0.2, -0.15) is 5.10 Å². The molecule has 6 heteroatoms. The summed E-state index contributed by atoms with van der Waals surface area (Å²) in [4.78, 5) is 11.2. The van der Waals surface area contributed by atoms with E-state index in [4.69, 9.17) is 0 Å². The van der Waals surface area contributed by atoms with Gasteiger partial charge in [0, 0.05) is 19.6 Å². The lowest BCUT2D eigenvalue weighted by molar-refractivity contribution is 0.545. The van der Waals surface area contributed by atoms with Crippen LogP contribution in [-0.2, 0) is 7.05 Å². The second-order valence-electron chi connectivity index (χ2n) is 5.01. The van der Waals surface area contributed by atoms with Crippen molar-refractivity contribution >= 4 is 32.8 Å². The van der Waals surface area contributed by atoms with Crippen LogP contribution in [0.3, 0.4) is 0 Å². The summed E-state index contributed by atoms with van der Waals surface area (Å²) in [5.74, 6) is 1.70. The van der Waals surface area contributed by atoms with Gasteiger partial charge in [0.2, 0.25) is 0 Å². The van der Waals surface area contributed by atoms with Gasteiger partial charge in [-0.3, -0.25) is 0 Å². The van der Waals surface area contributed by atoms with Crippen LogP contribution in [0.2, 0.25) is 0 Å². The van der Waals surface area contributed by atoms with Crippen molar-refractivity contribution in [3.8, 4) is 0 Å². The molecule has 0 aromatic carbocycles. The van der Waals surface area contributed by atoms with Crippen LogP contribution >= 0.6 is 15.9 Å². The number of hydrogen-bond acceptors (Lipinski definition) is 4. The third-order valence-corrected chi connectivity index (χ3v) is 4.53. The molecular weight excluding hydrogens is 294 g/mol. The van der Waals surface area contributed by atoms with Crippen LogP contribution in [0.4, 0.5) is 5.82 Å². The number of aromatic nitrogens is 4. The van der Waals surface area contributed by atoms with Gasteiger partial charge in [-0.25, -0.2) is 14.6 Å². The van der Waals surface area contributed by atoms with Gasteiger partial charge >= 0.3 is 0 Å². The Labute approximate surface area is 114 Å². The van der Waals surface area contributed by atoms with Gasteiger partial charge in [-0.05, 0) is 35.2 Å². The minimum absolute atomic E-state index is 0.509. The molecule has 0 aliphatic carbocycles. The highest BCUT2D eigenvalue weighted by atomic mass is 79.9. The summed E-state index contributed by atoms with van der Waals surface area (Å²) < 4.78 is 2.61. The zero-order chi connectivity index (χ0) is 12.9. The van der Waals surface area contributed by atoms with Crippen LogP contribution in [-0.4, -0.2) is 32.3 Å². The number of hydrogen-bond donors (Lipinski definition) is 0. The predicted octanol–water partition coefficient (Wildman–Crippen LogP) is 2.36. The second-order valence-corrected chi connectivity index (χ2v) is 5.76. The van der Waals surface area contributed by atoms with E-state index in [9.17, 15) is 0 Å². The first kappa shape index (κ1) is 11.9. The second kappa shape index (κ2) is 4.19. The Morgan fingerprint density at radius 3 is 2.78 bits per heavy atom. The molecule has 0 radical (unpaired) electrons. The van der Waals surface area contributed by atoms with Gasteiger partial charge in [0.05, 0.1) is 5.39 Å². The Morgan fingerprint density at radius 2 is 2.11 bits per heavy atom. The first-order valence-electron chi connectivity index (χ1n) is 6.19. The monoisotopic (exact) mass is 309 g/mol. The van der Waals surface area contributed by atoms with Crippen molar-refractivity contribution in [2.75, 3.05) is 11.4 Å². The molecule has 2 aromatic rings. The highest BCUT2D eigenvalue weighted by Crippen LogP contribution is 2.34. The average molecular weight is 310 g/mol. The number of anilines is 1. The standard InChI is InChI=1S/C12H16BrN5/c1-7-4-5-18(8(7)2)12-9-10(13)16-17(3)11(9)14-6-15-12/h6-8H,4-5H2,1-3H3. The first-order valence-corrected chi connectivity index (χ1v) is 6.98. The van der Waals surface area contributed by atoms with E-state index >= 15 is 0 Å².